The Morgan fingerprint density at radius 3 is 2.43 bits per heavy atom. The molecule has 1 aromatic rings. The third-order valence-electron chi connectivity index (χ3n) is 1.35. The van der Waals surface area contributed by atoms with Crippen molar-refractivity contribution >= 4 is 42.3 Å². The number of aromatic nitrogens is 1. The Kier molecular flexibility index (Phi) is 3.64. The van der Waals surface area contributed by atoms with Crippen LogP contribution >= 0.6 is 33.3 Å². The molecule has 0 radical (unpaired) electrons. The fraction of sp³-hybridized carbons (Fsp3) is 0.167. The van der Waals surface area contributed by atoms with Gasteiger partial charge in [-0.05, 0) is 28.7 Å². The van der Waals surface area contributed by atoms with Crippen molar-refractivity contribution in [1.29, 1.82) is 0 Å². The fourth-order valence-corrected chi connectivity index (χ4v) is 2.68. The molecule has 0 aliphatic heterocycles. The van der Waals surface area contributed by atoms with Crippen LogP contribution in [-0.2, 0) is 9.05 Å². The Morgan fingerprint density at radius 2 is 2.07 bits per heavy atom. The van der Waals surface area contributed by atoms with Gasteiger partial charge in [-0.2, -0.15) is 0 Å². The zero-order valence-corrected chi connectivity index (χ0v) is 10.1. The molecule has 0 bridgehead atoms. The highest BCUT2D eigenvalue weighted by Gasteiger charge is 2.25. The minimum Gasteiger partial charge on any atom is -0.243 e. The highest BCUT2D eigenvalue weighted by atomic mass is 127. The van der Waals surface area contributed by atoms with Gasteiger partial charge in [-0.3, -0.25) is 0 Å². The highest BCUT2D eigenvalue weighted by molar-refractivity contribution is 14.1. The lowest BCUT2D eigenvalue weighted by atomic mass is 10.3. The topological polar surface area (TPSA) is 47.0 Å². The van der Waals surface area contributed by atoms with E-state index in [1.807, 2.05) is 0 Å². The summed E-state index contributed by atoms with van der Waals surface area (Å²) in [5.74, 6) is 0. The molecule has 0 unspecified atom stereocenters. The average Bonchev–Trinajstić information content (AvgIpc) is 2.01. The van der Waals surface area contributed by atoms with Crippen LogP contribution in [-0.4, -0.2) is 13.4 Å². The van der Waals surface area contributed by atoms with Crippen LogP contribution in [0.2, 0.25) is 0 Å². The summed E-state index contributed by atoms with van der Waals surface area (Å²) in [6.45, 7) is 0. The molecular weight excluding hydrogens is 350 g/mol. The van der Waals surface area contributed by atoms with Crippen LogP contribution in [0.25, 0.3) is 0 Å². The van der Waals surface area contributed by atoms with Crippen LogP contribution in [0.15, 0.2) is 17.3 Å². The van der Waals surface area contributed by atoms with Gasteiger partial charge in [0.2, 0.25) is 0 Å². The SMILES string of the molecule is O=S(=O)(Cl)c1nccc(I)c1C(F)F. The summed E-state index contributed by atoms with van der Waals surface area (Å²) >= 11 is 1.60. The average molecular weight is 354 g/mol. The first kappa shape index (κ1) is 12.1. The third-order valence-corrected chi connectivity index (χ3v) is 3.52. The zero-order valence-electron chi connectivity index (χ0n) is 6.42. The maximum atomic E-state index is 12.5. The highest BCUT2D eigenvalue weighted by Crippen LogP contribution is 2.30. The van der Waals surface area contributed by atoms with Crippen LogP contribution < -0.4 is 0 Å². The Labute approximate surface area is 97.0 Å². The van der Waals surface area contributed by atoms with Crippen molar-refractivity contribution in [2.75, 3.05) is 0 Å². The summed E-state index contributed by atoms with van der Waals surface area (Å²) < 4.78 is 46.8. The molecule has 0 aromatic carbocycles. The van der Waals surface area contributed by atoms with E-state index in [1.54, 1.807) is 22.6 Å². The van der Waals surface area contributed by atoms with E-state index in [0.717, 1.165) is 6.20 Å². The lowest BCUT2D eigenvalue weighted by Crippen LogP contribution is -2.04. The molecule has 0 fully saturated rings. The maximum absolute atomic E-state index is 12.5. The summed E-state index contributed by atoms with van der Waals surface area (Å²) in [5.41, 5.74) is -0.650. The van der Waals surface area contributed by atoms with Gasteiger partial charge in [0.1, 0.15) is 0 Å². The number of hydrogen-bond donors (Lipinski definition) is 0. The van der Waals surface area contributed by atoms with E-state index in [-0.39, 0.29) is 3.57 Å². The van der Waals surface area contributed by atoms with Gasteiger partial charge >= 0.3 is 0 Å². The minimum atomic E-state index is -4.22. The number of halogens is 4. The van der Waals surface area contributed by atoms with E-state index in [9.17, 15) is 17.2 Å². The van der Waals surface area contributed by atoms with Gasteiger partial charge in [0.15, 0.2) is 5.03 Å². The van der Waals surface area contributed by atoms with Gasteiger partial charge in [0.05, 0.1) is 5.56 Å². The number of nitrogens with zero attached hydrogens (tertiary/aromatic N) is 1. The van der Waals surface area contributed by atoms with Crippen molar-refractivity contribution < 1.29 is 17.2 Å². The monoisotopic (exact) mass is 353 g/mol. The quantitative estimate of drug-likeness (QED) is 0.606. The van der Waals surface area contributed by atoms with Crippen molar-refractivity contribution in [3.05, 3.63) is 21.4 Å². The lowest BCUT2D eigenvalue weighted by Gasteiger charge is -2.06. The molecule has 3 nitrogen and oxygen atoms in total. The van der Waals surface area contributed by atoms with Crippen molar-refractivity contribution in [1.82, 2.24) is 4.98 Å². The van der Waals surface area contributed by atoms with Gasteiger partial charge in [0, 0.05) is 20.4 Å². The summed E-state index contributed by atoms with van der Waals surface area (Å²) in [6.07, 6.45) is -1.80. The van der Waals surface area contributed by atoms with Crippen LogP contribution in [0, 0.1) is 3.57 Å². The number of alkyl halides is 2. The van der Waals surface area contributed by atoms with Gasteiger partial charge in [-0.25, -0.2) is 22.2 Å². The molecule has 0 saturated heterocycles. The standard InChI is InChI=1S/C6H3ClF2INO2S/c7-14(12,13)6-4(5(8)9)3(10)1-2-11-6/h1-2,5H. The van der Waals surface area contributed by atoms with E-state index in [0.29, 0.717) is 0 Å². The largest absolute Gasteiger partial charge is 0.279 e. The minimum absolute atomic E-state index is 0.117. The van der Waals surface area contributed by atoms with Gasteiger partial charge in [0.25, 0.3) is 15.5 Å². The van der Waals surface area contributed by atoms with Crippen molar-refractivity contribution in [3.63, 3.8) is 0 Å². The Bertz CT molecular complexity index is 451. The smallest absolute Gasteiger partial charge is 0.243 e. The predicted octanol–water partition coefficient (Wildman–Crippen LogP) is 2.55. The molecule has 78 valence electrons. The Morgan fingerprint density at radius 1 is 1.50 bits per heavy atom. The van der Waals surface area contributed by atoms with Crippen LogP contribution in [0.1, 0.15) is 12.0 Å². The molecular formula is C6H3ClF2INO2S. The molecule has 1 aromatic heterocycles. The molecule has 8 heteroatoms. The molecule has 0 atom stereocenters. The molecule has 14 heavy (non-hydrogen) atoms. The van der Waals surface area contributed by atoms with E-state index in [4.69, 9.17) is 10.7 Å². The van der Waals surface area contributed by atoms with E-state index in [2.05, 4.69) is 4.98 Å². The summed E-state index contributed by atoms with van der Waals surface area (Å²) in [6, 6.07) is 1.29. The second-order valence-corrected chi connectivity index (χ2v) is 5.89. The number of hydrogen-bond acceptors (Lipinski definition) is 3. The number of pyridine rings is 1. The molecule has 1 heterocycles. The second-order valence-electron chi connectivity index (χ2n) is 2.25. The van der Waals surface area contributed by atoms with Gasteiger partial charge in [-0.1, -0.05) is 0 Å². The van der Waals surface area contributed by atoms with Crippen molar-refractivity contribution in [2.45, 2.75) is 11.5 Å². The van der Waals surface area contributed by atoms with E-state index < -0.39 is 26.1 Å². The normalized spacial score (nSPS) is 12.1. The molecule has 0 spiro atoms. The summed E-state index contributed by atoms with van der Waals surface area (Å²) in [7, 11) is 0.728. The van der Waals surface area contributed by atoms with Crippen LogP contribution in [0.4, 0.5) is 8.78 Å². The van der Waals surface area contributed by atoms with Gasteiger partial charge in [-0.15, -0.1) is 0 Å². The van der Waals surface area contributed by atoms with E-state index in [1.165, 1.54) is 6.07 Å². The Balaban J connectivity index is 3.52. The molecule has 0 N–H and O–H groups in total. The molecule has 0 aliphatic rings. The summed E-state index contributed by atoms with van der Waals surface area (Å²) in [4.78, 5) is 3.33. The Hall–Kier alpha value is -0.0200. The fourth-order valence-electron chi connectivity index (χ4n) is 0.824. The second kappa shape index (κ2) is 4.23. The van der Waals surface area contributed by atoms with E-state index >= 15 is 0 Å². The first-order valence-corrected chi connectivity index (χ1v) is 6.60. The van der Waals surface area contributed by atoms with Crippen LogP contribution in [0.3, 0.4) is 0 Å². The molecule has 1 rings (SSSR count). The first-order chi connectivity index (χ1) is 6.34. The molecule has 0 saturated carbocycles. The van der Waals surface area contributed by atoms with Crippen molar-refractivity contribution in [3.8, 4) is 0 Å². The summed E-state index contributed by atoms with van der Waals surface area (Å²) in [5, 5.41) is -0.777. The lowest BCUT2D eigenvalue weighted by molar-refractivity contribution is 0.146. The number of rotatable bonds is 2. The predicted molar refractivity (Wildman–Crippen MR) is 54.9 cm³/mol. The maximum Gasteiger partial charge on any atom is 0.279 e. The molecule has 0 aliphatic carbocycles. The first-order valence-electron chi connectivity index (χ1n) is 3.21. The van der Waals surface area contributed by atoms with Crippen LogP contribution in [0.5, 0.6) is 0 Å². The molecule has 0 amide bonds. The zero-order chi connectivity index (χ0) is 10.9. The van der Waals surface area contributed by atoms with Gasteiger partial charge < -0.3 is 0 Å². The third kappa shape index (κ3) is 2.51. The van der Waals surface area contributed by atoms with Crippen molar-refractivity contribution in [2.24, 2.45) is 0 Å².